The summed E-state index contributed by atoms with van der Waals surface area (Å²) in [5, 5.41) is 0. The fourth-order valence-electron chi connectivity index (χ4n) is 1.96. The fourth-order valence-corrected chi connectivity index (χ4v) is 1.96. The summed E-state index contributed by atoms with van der Waals surface area (Å²) in [6.07, 6.45) is 0. The molecule has 2 rings (SSSR count). The highest BCUT2D eigenvalue weighted by molar-refractivity contribution is 6.13. The van der Waals surface area contributed by atoms with E-state index in [2.05, 4.69) is 0 Å². The van der Waals surface area contributed by atoms with Crippen molar-refractivity contribution in [2.75, 3.05) is 6.61 Å². The van der Waals surface area contributed by atoms with Crippen LogP contribution < -0.4 is 9.47 Å². The van der Waals surface area contributed by atoms with Crippen molar-refractivity contribution in [1.29, 1.82) is 0 Å². The fraction of sp³-hybridized carbons (Fsp3) is 0.333. The molecule has 0 bridgehead atoms. The quantitative estimate of drug-likeness (QED) is 0.784. The van der Waals surface area contributed by atoms with Crippen molar-refractivity contribution < 1.29 is 19.1 Å². The van der Waals surface area contributed by atoms with Crippen LogP contribution in [0.2, 0.25) is 0 Å². The van der Waals surface area contributed by atoms with Gasteiger partial charge in [0.15, 0.2) is 11.5 Å². The maximum absolute atomic E-state index is 12.2. The van der Waals surface area contributed by atoms with Gasteiger partial charge in [0, 0.05) is 6.07 Å². The molecule has 0 atom stereocenters. The van der Waals surface area contributed by atoms with Crippen molar-refractivity contribution in [3.63, 3.8) is 0 Å². The van der Waals surface area contributed by atoms with E-state index in [1.807, 2.05) is 20.8 Å². The van der Waals surface area contributed by atoms with E-state index in [0.29, 0.717) is 22.8 Å². The molecule has 1 aromatic rings. The zero-order valence-electron chi connectivity index (χ0n) is 11.5. The van der Waals surface area contributed by atoms with Crippen molar-refractivity contribution >= 4 is 11.6 Å². The van der Waals surface area contributed by atoms with E-state index < -0.39 is 0 Å². The van der Waals surface area contributed by atoms with Crippen LogP contribution in [0, 0.1) is 6.92 Å². The van der Waals surface area contributed by atoms with Gasteiger partial charge in [-0.25, -0.2) is 0 Å². The smallest absolute Gasteiger partial charge is 0.232 e. The lowest BCUT2D eigenvalue weighted by Gasteiger charge is -2.07. The molecule has 1 aliphatic heterocycles. The number of carbonyl (C=O) groups excluding carboxylic acids is 2. The van der Waals surface area contributed by atoms with Gasteiger partial charge in [-0.2, -0.15) is 0 Å². The maximum atomic E-state index is 12.2. The number of fused-ring (bicyclic) bond motifs is 1. The molecule has 0 amide bonds. The molecule has 0 N–H and O–H groups in total. The Morgan fingerprint density at radius 2 is 1.95 bits per heavy atom. The molecule has 0 unspecified atom stereocenters. The Bertz CT molecular complexity index is 592. The second-order valence-corrected chi connectivity index (χ2v) is 4.86. The first-order valence-electron chi connectivity index (χ1n) is 6.07. The average molecular weight is 260 g/mol. The molecule has 0 saturated heterocycles. The van der Waals surface area contributed by atoms with Crippen LogP contribution in [-0.4, -0.2) is 18.2 Å². The number of benzene rings is 1. The number of hydrogen-bond acceptors (Lipinski definition) is 4. The van der Waals surface area contributed by atoms with E-state index >= 15 is 0 Å². The van der Waals surface area contributed by atoms with Gasteiger partial charge in [-0.3, -0.25) is 9.59 Å². The Morgan fingerprint density at radius 3 is 2.53 bits per heavy atom. The number of aryl methyl sites for hydroxylation is 1. The van der Waals surface area contributed by atoms with Gasteiger partial charge in [0.1, 0.15) is 18.1 Å². The standard InChI is InChI=1S/C15H16O4/c1-8(2)15-14(17)13-9(3)5-11(6-12(13)19-15)18-7-10(4)16/h5-6H,7H2,1-4H3. The van der Waals surface area contributed by atoms with E-state index in [9.17, 15) is 9.59 Å². The van der Waals surface area contributed by atoms with Crippen LogP contribution in [0.1, 0.15) is 36.7 Å². The van der Waals surface area contributed by atoms with Crippen molar-refractivity contribution in [2.45, 2.75) is 27.7 Å². The molecule has 0 saturated carbocycles. The Balaban J connectivity index is 2.38. The number of ketones is 2. The molecule has 0 aromatic heterocycles. The monoisotopic (exact) mass is 260 g/mol. The van der Waals surface area contributed by atoms with E-state index in [-0.39, 0.29) is 18.2 Å². The molecule has 1 aromatic carbocycles. The van der Waals surface area contributed by atoms with Crippen molar-refractivity contribution in [3.8, 4) is 11.5 Å². The number of Topliss-reactive ketones (excluding diaryl/α,β-unsaturated/α-hetero) is 2. The summed E-state index contributed by atoms with van der Waals surface area (Å²) in [5.74, 6) is 1.27. The number of allylic oxidation sites excluding steroid dienone is 2. The third kappa shape index (κ3) is 2.52. The molecule has 0 radical (unpaired) electrons. The molecule has 100 valence electrons. The predicted octanol–water partition coefficient (Wildman–Crippen LogP) is 2.83. The van der Waals surface area contributed by atoms with E-state index in [4.69, 9.17) is 9.47 Å². The number of carbonyl (C=O) groups is 2. The molecule has 0 aliphatic carbocycles. The molecule has 1 aliphatic rings. The van der Waals surface area contributed by atoms with Gasteiger partial charge >= 0.3 is 0 Å². The minimum atomic E-state index is -0.0920. The van der Waals surface area contributed by atoms with Gasteiger partial charge in [-0.15, -0.1) is 0 Å². The lowest BCUT2D eigenvalue weighted by Crippen LogP contribution is -2.07. The van der Waals surface area contributed by atoms with Crippen LogP contribution in [0.5, 0.6) is 11.5 Å². The van der Waals surface area contributed by atoms with Crippen LogP contribution in [0.3, 0.4) is 0 Å². The minimum Gasteiger partial charge on any atom is -0.486 e. The van der Waals surface area contributed by atoms with Crippen LogP contribution in [-0.2, 0) is 4.79 Å². The van der Waals surface area contributed by atoms with Gasteiger partial charge in [0.25, 0.3) is 0 Å². The number of rotatable bonds is 3. The van der Waals surface area contributed by atoms with Gasteiger partial charge in [0.05, 0.1) is 5.56 Å². The normalized spacial score (nSPS) is 13.1. The lowest BCUT2D eigenvalue weighted by atomic mass is 10.0. The largest absolute Gasteiger partial charge is 0.486 e. The highest BCUT2D eigenvalue weighted by Gasteiger charge is 2.30. The van der Waals surface area contributed by atoms with Crippen LogP contribution >= 0.6 is 0 Å². The Hall–Kier alpha value is -2.10. The zero-order valence-corrected chi connectivity index (χ0v) is 11.5. The predicted molar refractivity (Wildman–Crippen MR) is 70.7 cm³/mol. The van der Waals surface area contributed by atoms with Crippen molar-refractivity contribution in [1.82, 2.24) is 0 Å². The molecule has 4 heteroatoms. The summed E-state index contributed by atoms with van der Waals surface area (Å²) >= 11 is 0. The number of ether oxygens (including phenoxy) is 2. The molecule has 0 fully saturated rings. The SMILES string of the molecule is CC(=O)COc1cc(C)c2c(c1)OC(=C(C)C)C2=O. The topological polar surface area (TPSA) is 52.6 Å². The van der Waals surface area contributed by atoms with Gasteiger partial charge in [-0.05, 0) is 44.9 Å². The van der Waals surface area contributed by atoms with E-state index in [1.54, 1.807) is 12.1 Å². The Labute approximate surface area is 112 Å². The molecule has 19 heavy (non-hydrogen) atoms. The zero-order chi connectivity index (χ0) is 14.2. The Morgan fingerprint density at radius 1 is 1.26 bits per heavy atom. The average Bonchev–Trinajstić information content (AvgIpc) is 2.64. The second-order valence-electron chi connectivity index (χ2n) is 4.86. The van der Waals surface area contributed by atoms with Gasteiger partial charge in [0.2, 0.25) is 5.78 Å². The van der Waals surface area contributed by atoms with E-state index in [0.717, 1.165) is 11.1 Å². The highest BCUT2D eigenvalue weighted by Crippen LogP contribution is 2.37. The summed E-state index contributed by atoms with van der Waals surface area (Å²) in [5.41, 5.74) is 2.20. The van der Waals surface area contributed by atoms with Crippen molar-refractivity contribution in [2.24, 2.45) is 0 Å². The van der Waals surface area contributed by atoms with Gasteiger partial charge < -0.3 is 9.47 Å². The maximum Gasteiger partial charge on any atom is 0.232 e. The van der Waals surface area contributed by atoms with E-state index in [1.165, 1.54) is 6.92 Å². The first-order chi connectivity index (χ1) is 8.90. The molecule has 0 spiro atoms. The lowest BCUT2D eigenvalue weighted by molar-refractivity contribution is -0.118. The van der Waals surface area contributed by atoms with Crippen LogP contribution in [0.15, 0.2) is 23.5 Å². The Kier molecular flexibility index (Phi) is 3.42. The van der Waals surface area contributed by atoms with Gasteiger partial charge in [-0.1, -0.05) is 0 Å². The summed E-state index contributed by atoms with van der Waals surface area (Å²) in [4.78, 5) is 23.1. The second kappa shape index (κ2) is 4.88. The van der Waals surface area contributed by atoms with Crippen molar-refractivity contribution in [3.05, 3.63) is 34.6 Å². The van der Waals surface area contributed by atoms with Crippen LogP contribution in [0.4, 0.5) is 0 Å². The minimum absolute atomic E-state index is 0.0156. The third-order valence-electron chi connectivity index (χ3n) is 2.81. The summed E-state index contributed by atoms with van der Waals surface area (Å²) in [6, 6.07) is 3.40. The highest BCUT2D eigenvalue weighted by atomic mass is 16.5. The summed E-state index contributed by atoms with van der Waals surface area (Å²) < 4.78 is 10.9. The third-order valence-corrected chi connectivity index (χ3v) is 2.81. The molecule has 4 nitrogen and oxygen atoms in total. The summed E-state index contributed by atoms with van der Waals surface area (Å²) in [7, 11) is 0. The number of hydrogen-bond donors (Lipinski definition) is 0. The van der Waals surface area contributed by atoms with Crippen LogP contribution in [0.25, 0.3) is 0 Å². The first-order valence-corrected chi connectivity index (χ1v) is 6.07. The first kappa shape index (κ1) is 13.3. The molecular weight excluding hydrogens is 244 g/mol. The molecule has 1 heterocycles. The summed E-state index contributed by atoms with van der Waals surface area (Å²) in [6.45, 7) is 6.97. The molecular formula is C15H16O4.